The zero-order valence-electron chi connectivity index (χ0n) is 47.4. The van der Waals surface area contributed by atoms with Gasteiger partial charge in [0.2, 0.25) is 5.91 Å². The van der Waals surface area contributed by atoms with E-state index in [-0.39, 0.29) is 49.2 Å². The maximum absolute atomic E-state index is 15.0. The van der Waals surface area contributed by atoms with Gasteiger partial charge in [0.25, 0.3) is 11.8 Å². The summed E-state index contributed by atoms with van der Waals surface area (Å²) >= 11 is 0. The summed E-state index contributed by atoms with van der Waals surface area (Å²) in [6.07, 6.45) is 2.69. The minimum Gasteiger partial charge on any atom is -0.508 e. The third-order valence-electron chi connectivity index (χ3n) is 16.3. The van der Waals surface area contributed by atoms with Crippen molar-refractivity contribution in [2.45, 2.75) is 116 Å². The quantitative estimate of drug-likeness (QED) is 0.0621. The number of pyridine rings is 1. The number of amides is 3. The average Bonchev–Trinajstić information content (AvgIpc) is 4.29. The molecule has 0 spiro atoms. The lowest BCUT2D eigenvalue weighted by Gasteiger charge is -2.37. The number of anilines is 1. The normalized spacial score (nSPS) is 21.9. The highest BCUT2D eigenvalue weighted by atomic mass is 16.5. The SMILES string of the molecule is CCn1c(-c2cc(C#CCN3CCN(C)CC3)cnc2C(C)OC)c2c3cc(ccc31)-c1cc(O)cc(c1)CC(NC(=O)C(C(C)C)N(C)C(=O)C1OCCC1c1ccc(N)cc1)C(=O)N1CCCC(N1)C(=O)OCC(C)(C)C2. The van der Waals surface area contributed by atoms with Crippen LogP contribution < -0.4 is 16.5 Å². The molecule has 0 radical (unpaired) electrons. The Balaban J connectivity index is 1.10. The van der Waals surface area contributed by atoms with E-state index in [9.17, 15) is 24.3 Å². The summed E-state index contributed by atoms with van der Waals surface area (Å²) in [7, 11) is 5.43. The number of hydrogen-bond acceptors (Lipinski definition) is 13. The molecule has 5 N–H and O–H groups in total. The summed E-state index contributed by atoms with van der Waals surface area (Å²) in [6, 6.07) is 18.1. The van der Waals surface area contributed by atoms with Crippen LogP contribution in [0.25, 0.3) is 33.3 Å². The van der Waals surface area contributed by atoms with Crippen molar-refractivity contribution in [1.29, 1.82) is 0 Å². The van der Waals surface area contributed by atoms with E-state index < -0.39 is 47.4 Å². The number of aryl methyl sites for hydroxylation is 1. The van der Waals surface area contributed by atoms with Gasteiger partial charge in [-0.2, -0.15) is 0 Å². The summed E-state index contributed by atoms with van der Waals surface area (Å²) in [5, 5.41) is 17.0. The number of piperazine rings is 1. The van der Waals surface area contributed by atoms with E-state index in [2.05, 4.69) is 83.0 Å². The van der Waals surface area contributed by atoms with Crippen LogP contribution in [0.15, 0.2) is 72.9 Å². The Labute approximate surface area is 465 Å². The molecule has 17 nitrogen and oxygen atoms in total. The molecule has 17 heteroatoms. The topological polar surface area (TPSA) is 197 Å². The number of methoxy groups -OCH3 is 1. The van der Waals surface area contributed by atoms with Gasteiger partial charge in [0.1, 0.15) is 30.0 Å². The van der Waals surface area contributed by atoms with Crippen molar-refractivity contribution in [3.63, 3.8) is 0 Å². The molecule has 6 atom stereocenters. The van der Waals surface area contributed by atoms with Gasteiger partial charge in [0.15, 0.2) is 0 Å². The van der Waals surface area contributed by atoms with Gasteiger partial charge in [0.05, 0.1) is 30.6 Å². The van der Waals surface area contributed by atoms with Crippen LogP contribution in [0.3, 0.4) is 0 Å². The van der Waals surface area contributed by atoms with Crippen molar-refractivity contribution >= 4 is 40.3 Å². The molecule has 3 fully saturated rings. The van der Waals surface area contributed by atoms with Gasteiger partial charge >= 0.3 is 5.97 Å². The predicted molar refractivity (Wildman–Crippen MR) is 305 cm³/mol. The molecule has 6 heterocycles. The number of carbonyl (C=O) groups excluding carboxylic acids is 4. The Morgan fingerprint density at radius 2 is 1.76 bits per heavy atom. The molecule has 4 aliphatic heterocycles. The Morgan fingerprint density at radius 3 is 2.48 bits per heavy atom. The van der Waals surface area contributed by atoms with E-state index in [1.165, 1.54) is 9.91 Å². The lowest BCUT2D eigenvalue weighted by atomic mass is 9.84. The number of aromatic hydroxyl groups is 1. The summed E-state index contributed by atoms with van der Waals surface area (Å²) in [6.45, 7) is 18.0. The number of likely N-dealkylation sites (N-methyl/N-ethyl adjacent to an activating group) is 2. The first kappa shape index (κ1) is 56.9. The molecular weight excluding hydrogens is 999 g/mol. The van der Waals surface area contributed by atoms with Gasteiger partial charge in [-0.25, -0.2) is 5.43 Å². The summed E-state index contributed by atoms with van der Waals surface area (Å²) < 4.78 is 20.6. The number of nitrogen functional groups attached to an aromatic ring is 1. The highest BCUT2D eigenvalue weighted by molar-refractivity contribution is 5.96. The smallest absolute Gasteiger partial charge is 0.324 e. The number of ether oxygens (including phenoxy) is 3. The van der Waals surface area contributed by atoms with E-state index in [0.29, 0.717) is 62.2 Å². The molecule has 79 heavy (non-hydrogen) atoms. The number of nitrogens with two attached hydrogens (primary N) is 1. The standard InChI is InChI=1S/C62H79N9O8/c1-10-70-53-20-17-43-34-48(53)50(56(70)49-31-40(36-64-54(49)39(4)77-9)13-11-22-69-26-24-67(7)25-27-69)35-62(5,6)37-79-61(76)51-14-12-23-71(66-51)59(74)52(32-41-29-44(43)33-46(72)30-41)65-58(73)55(38(2)3)68(8)60(75)57-47(21-28-78-57)42-15-18-45(63)19-16-42/h15-20,29-31,33-34,36,38-39,47,51-52,55,57,66,72H,10,12,14,21-28,32,35,37,63H2,1-9H3,(H,65,73). The number of benzene rings is 3. The third kappa shape index (κ3) is 12.6. The number of aromatic nitrogens is 2. The first-order valence-electron chi connectivity index (χ1n) is 28.0. The highest BCUT2D eigenvalue weighted by Gasteiger charge is 2.42. The number of rotatable bonds is 11. The molecule has 0 aliphatic carbocycles. The second-order valence-electron chi connectivity index (χ2n) is 23.1. The molecule has 5 aromatic rings. The molecule has 3 aromatic carbocycles. The molecular formula is C62H79N9O8. The van der Waals surface area contributed by atoms with Crippen LogP contribution in [0.1, 0.15) is 101 Å². The second kappa shape index (κ2) is 24.3. The number of carbonyl (C=O) groups is 4. The molecule has 3 saturated heterocycles. The molecule has 6 bridgehead atoms. The summed E-state index contributed by atoms with van der Waals surface area (Å²) in [5.41, 5.74) is 17.7. The first-order valence-corrected chi connectivity index (χ1v) is 28.0. The van der Waals surface area contributed by atoms with E-state index in [1.807, 2.05) is 51.2 Å². The van der Waals surface area contributed by atoms with Gasteiger partial charge in [-0.3, -0.25) is 34.1 Å². The Hall–Kier alpha value is -6.81. The van der Waals surface area contributed by atoms with Gasteiger partial charge in [0, 0.05) is 112 Å². The zero-order chi connectivity index (χ0) is 56.3. The minimum atomic E-state index is -1.18. The molecule has 3 amide bonds. The van der Waals surface area contributed by atoms with E-state index in [4.69, 9.17) is 24.9 Å². The van der Waals surface area contributed by atoms with Crippen LogP contribution in [0, 0.1) is 23.2 Å². The Morgan fingerprint density at radius 1 is 1.00 bits per heavy atom. The molecule has 2 aromatic heterocycles. The second-order valence-corrected chi connectivity index (χ2v) is 23.1. The number of cyclic esters (lactones) is 1. The number of nitrogens with one attached hydrogen (secondary N) is 2. The zero-order valence-corrected chi connectivity index (χ0v) is 47.4. The highest BCUT2D eigenvalue weighted by Crippen LogP contribution is 2.43. The van der Waals surface area contributed by atoms with E-state index >= 15 is 0 Å². The molecule has 6 unspecified atom stereocenters. The lowest BCUT2D eigenvalue weighted by molar-refractivity contribution is -0.155. The van der Waals surface area contributed by atoms with Crippen LogP contribution >= 0.6 is 0 Å². The number of phenolic OH excluding ortho intramolecular Hbond substituents is 1. The summed E-state index contributed by atoms with van der Waals surface area (Å²) in [5.74, 6) is 4.41. The van der Waals surface area contributed by atoms with Crippen molar-refractivity contribution in [3.05, 3.63) is 101 Å². The van der Waals surface area contributed by atoms with Gasteiger partial charge < -0.3 is 44.7 Å². The number of fused-ring (bicyclic) bond motifs is 6. The number of hydrazine groups is 1. The van der Waals surface area contributed by atoms with Crippen molar-refractivity contribution in [3.8, 4) is 40.0 Å². The fraction of sp³-hybridized carbons (Fsp3) is 0.500. The van der Waals surface area contributed by atoms with Crippen LogP contribution in [0.5, 0.6) is 5.75 Å². The maximum atomic E-state index is 15.0. The van der Waals surface area contributed by atoms with Crippen molar-refractivity contribution in [1.82, 2.24) is 40.0 Å². The molecule has 0 saturated carbocycles. The summed E-state index contributed by atoms with van der Waals surface area (Å²) in [4.78, 5) is 69.6. The maximum Gasteiger partial charge on any atom is 0.324 e. The Kier molecular flexibility index (Phi) is 17.5. The van der Waals surface area contributed by atoms with Crippen LogP contribution in [-0.2, 0) is 52.8 Å². The van der Waals surface area contributed by atoms with Crippen molar-refractivity contribution in [2.75, 3.05) is 79.4 Å². The fourth-order valence-corrected chi connectivity index (χ4v) is 11.9. The fourth-order valence-electron chi connectivity index (χ4n) is 11.9. The first-order chi connectivity index (χ1) is 37.8. The van der Waals surface area contributed by atoms with E-state index in [1.54, 1.807) is 38.4 Å². The van der Waals surface area contributed by atoms with Gasteiger partial charge in [-0.1, -0.05) is 63.8 Å². The molecule has 9 rings (SSSR count). The molecule has 4 aliphatic rings. The van der Waals surface area contributed by atoms with Crippen molar-refractivity contribution in [2.24, 2.45) is 11.3 Å². The number of hydrogen-bond donors (Lipinski definition) is 4. The monoisotopic (exact) mass is 1080 g/mol. The number of phenols is 1. The van der Waals surface area contributed by atoms with Gasteiger partial charge in [-0.05, 0) is 123 Å². The number of esters is 1. The Bertz CT molecular complexity index is 3120. The molecule has 420 valence electrons. The predicted octanol–water partition coefficient (Wildman–Crippen LogP) is 6.69. The van der Waals surface area contributed by atoms with Crippen LogP contribution in [-0.4, -0.2) is 156 Å². The minimum absolute atomic E-state index is 0.0148. The van der Waals surface area contributed by atoms with Crippen LogP contribution in [0.2, 0.25) is 0 Å². The third-order valence-corrected chi connectivity index (χ3v) is 16.3. The van der Waals surface area contributed by atoms with Crippen molar-refractivity contribution < 1.29 is 38.5 Å². The van der Waals surface area contributed by atoms with Crippen LogP contribution in [0.4, 0.5) is 5.69 Å². The lowest BCUT2D eigenvalue weighted by Crippen LogP contribution is -2.62. The van der Waals surface area contributed by atoms with Gasteiger partial charge in [-0.15, -0.1) is 0 Å². The largest absolute Gasteiger partial charge is 0.508 e. The number of nitrogens with zero attached hydrogens (tertiary/aromatic N) is 6. The van der Waals surface area contributed by atoms with E-state index in [0.717, 1.165) is 76.3 Å². The average molecular weight is 1080 g/mol.